The van der Waals surface area contributed by atoms with Gasteiger partial charge in [-0.05, 0) is 43.0 Å². The SMILES string of the molecule is CCSCCC(C)Nc1ccc(Br)cc1C#N. The molecular weight excluding hydrogens is 296 g/mol. The van der Waals surface area contributed by atoms with E-state index in [9.17, 15) is 0 Å². The predicted octanol–water partition coefficient (Wildman–Crippen LogP) is 4.26. The maximum Gasteiger partial charge on any atom is 0.101 e. The lowest BCUT2D eigenvalue weighted by molar-refractivity contribution is 0.771. The van der Waals surface area contributed by atoms with E-state index >= 15 is 0 Å². The van der Waals surface area contributed by atoms with Crippen LogP contribution >= 0.6 is 27.7 Å². The van der Waals surface area contributed by atoms with E-state index in [2.05, 4.69) is 41.2 Å². The summed E-state index contributed by atoms with van der Waals surface area (Å²) in [7, 11) is 0. The van der Waals surface area contributed by atoms with Gasteiger partial charge in [0.05, 0.1) is 11.3 Å². The highest BCUT2D eigenvalue weighted by atomic mass is 79.9. The summed E-state index contributed by atoms with van der Waals surface area (Å²) in [4.78, 5) is 0. The first kappa shape index (κ1) is 14.4. The Morgan fingerprint density at radius 1 is 1.53 bits per heavy atom. The molecule has 0 heterocycles. The Bertz CT molecular complexity index is 401. The largest absolute Gasteiger partial charge is 0.381 e. The molecule has 0 aliphatic heterocycles. The molecule has 0 spiro atoms. The van der Waals surface area contributed by atoms with Crippen LogP contribution in [-0.4, -0.2) is 17.5 Å². The van der Waals surface area contributed by atoms with Gasteiger partial charge in [0.1, 0.15) is 6.07 Å². The second-order valence-corrected chi connectivity index (χ2v) is 6.14. The number of nitrogens with one attached hydrogen (secondary N) is 1. The van der Waals surface area contributed by atoms with E-state index in [4.69, 9.17) is 5.26 Å². The van der Waals surface area contributed by atoms with Crippen molar-refractivity contribution in [1.82, 2.24) is 0 Å². The van der Waals surface area contributed by atoms with Crippen LogP contribution in [0.1, 0.15) is 25.8 Å². The average molecular weight is 313 g/mol. The lowest BCUT2D eigenvalue weighted by Crippen LogP contribution is -2.16. The molecule has 0 bridgehead atoms. The van der Waals surface area contributed by atoms with Crippen molar-refractivity contribution in [2.24, 2.45) is 0 Å². The third-order valence-electron chi connectivity index (χ3n) is 2.40. The second-order valence-electron chi connectivity index (χ2n) is 3.83. The fourth-order valence-corrected chi connectivity index (χ4v) is 2.65. The van der Waals surface area contributed by atoms with E-state index in [-0.39, 0.29) is 0 Å². The normalized spacial score (nSPS) is 11.9. The van der Waals surface area contributed by atoms with E-state index < -0.39 is 0 Å². The molecule has 1 atom stereocenters. The fraction of sp³-hybridized carbons (Fsp3) is 0.462. The lowest BCUT2D eigenvalue weighted by atomic mass is 10.1. The van der Waals surface area contributed by atoms with Crippen molar-refractivity contribution in [3.8, 4) is 6.07 Å². The third-order valence-corrected chi connectivity index (χ3v) is 3.83. The predicted molar refractivity (Wildman–Crippen MR) is 79.6 cm³/mol. The molecule has 1 aromatic rings. The van der Waals surface area contributed by atoms with E-state index in [0.29, 0.717) is 11.6 Å². The first-order valence-electron chi connectivity index (χ1n) is 5.71. The Morgan fingerprint density at radius 2 is 2.29 bits per heavy atom. The van der Waals surface area contributed by atoms with Crippen LogP contribution in [0.5, 0.6) is 0 Å². The second kappa shape index (κ2) is 7.62. The smallest absolute Gasteiger partial charge is 0.101 e. The summed E-state index contributed by atoms with van der Waals surface area (Å²) in [6.07, 6.45) is 1.11. The van der Waals surface area contributed by atoms with Crippen molar-refractivity contribution in [2.75, 3.05) is 16.8 Å². The molecule has 17 heavy (non-hydrogen) atoms. The molecule has 0 aliphatic carbocycles. The minimum absolute atomic E-state index is 0.391. The van der Waals surface area contributed by atoms with Gasteiger partial charge in [-0.25, -0.2) is 0 Å². The Labute approximate surface area is 116 Å². The topological polar surface area (TPSA) is 35.8 Å². The molecule has 1 N–H and O–H groups in total. The first-order chi connectivity index (χ1) is 8.17. The Morgan fingerprint density at radius 3 is 2.94 bits per heavy atom. The number of hydrogen-bond donors (Lipinski definition) is 1. The zero-order chi connectivity index (χ0) is 12.7. The van der Waals surface area contributed by atoms with Gasteiger partial charge in [0.2, 0.25) is 0 Å². The van der Waals surface area contributed by atoms with Gasteiger partial charge in [-0.15, -0.1) is 0 Å². The van der Waals surface area contributed by atoms with Gasteiger partial charge in [0.15, 0.2) is 0 Å². The molecule has 0 fully saturated rings. The number of anilines is 1. The van der Waals surface area contributed by atoms with E-state index in [0.717, 1.165) is 28.1 Å². The van der Waals surface area contributed by atoms with Crippen LogP contribution in [0.15, 0.2) is 22.7 Å². The number of rotatable bonds is 6. The zero-order valence-corrected chi connectivity index (χ0v) is 12.6. The minimum Gasteiger partial charge on any atom is -0.381 e. The minimum atomic E-state index is 0.391. The van der Waals surface area contributed by atoms with Crippen LogP contribution in [0, 0.1) is 11.3 Å². The standard InChI is InChI=1S/C13H17BrN2S/c1-3-17-7-6-10(2)16-13-5-4-12(14)8-11(13)9-15/h4-5,8,10,16H,3,6-7H2,1-2H3. The third kappa shape index (κ3) is 5.01. The molecule has 1 unspecified atom stereocenters. The highest BCUT2D eigenvalue weighted by Crippen LogP contribution is 2.21. The van der Waals surface area contributed by atoms with Gasteiger partial charge >= 0.3 is 0 Å². The van der Waals surface area contributed by atoms with Crippen LogP contribution in [0.4, 0.5) is 5.69 Å². The highest BCUT2D eigenvalue weighted by molar-refractivity contribution is 9.10. The summed E-state index contributed by atoms with van der Waals surface area (Å²) in [6.45, 7) is 4.32. The Kier molecular flexibility index (Phi) is 6.46. The molecule has 1 rings (SSSR count). The van der Waals surface area contributed by atoms with Gasteiger partial charge in [0, 0.05) is 10.5 Å². The van der Waals surface area contributed by atoms with Crippen molar-refractivity contribution in [3.05, 3.63) is 28.2 Å². The molecule has 0 amide bonds. The maximum atomic E-state index is 9.05. The van der Waals surface area contributed by atoms with E-state index in [1.807, 2.05) is 30.0 Å². The van der Waals surface area contributed by atoms with Crippen LogP contribution in [0.2, 0.25) is 0 Å². The van der Waals surface area contributed by atoms with E-state index in [1.165, 1.54) is 0 Å². The van der Waals surface area contributed by atoms with Crippen molar-refractivity contribution in [2.45, 2.75) is 26.3 Å². The molecule has 0 aliphatic rings. The molecule has 0 aromatic heterocycles. The van der Waals surface area contributed by atoms with Gasteiger partial charge in [-0.3, -0.25) is 0 Å². The van der Waals surface area contributed by atoms with Crippen LogP contribution in [0.25, 0.3) is 0 Å². The summed E-state index contributed by atoms with van der Waals surface area (Å²) in [5, 5.41) is 12.4. The number of hydrogen-bond acceptors (Lipinski definition) is 3. The van der Waals surface area contributed by atoms with Crippen LogP contribution < -0.4 is 5.32 Å². The van der Waals surface area contributed by atoms with Gasteiger partial charge in [-0.2, -0.15) is 17.0 Å². The molecule has 2 nitrogen and oxygen atoms in total. The first-order valence-corrected chi connectivity index (χ1v) is 7.66. The van der Waals surface area contributed by atoms with Crippen molar-refractivity contribution in [3.63, 3.8) is 0 Å². The fourth-order valence-electron chi connectivity index (χ4n) is 1.48. The van der Waals surface area contributed by atoms with Crippen molar-refractivity contribution < 1.29 is 0 Å². The monoisotopic (exact) mass is 312 g/mol. The van der Waals surface area contributed by atoms with Crippen LogP contribution in [0.3, 0.4) is 0 Å². The number of nitriles is 1. The summed E-state index contributed by atoms with van der Waals surface area (Å²) in [5.41, 5.74) is 1.61. The molecule has 0 radical (unpaired) electrons. The maximum absolute atomic E-state index is 9.05. The Hall–Kier alpha value is -0.660. The summed E-state index contributed by atoms with van der Waals surface area (Å²) in [5.74, 6) is 2.32. The molecular formula is C13H17BrN2S. The molecule has 0 saturated carbocycles. The van der Waals surface area contributed by atoms with E-state index in [1.54, 1.807) is 0 Å². The zero-order valence-electron chi connectivity index (χ0n) is 10.2. The van der Waals surface area contributed by atoms with Gasteiger partial charge in [-0.1, -0.05) is 22.9 Å². The molecule has 4 heteroatoms. The molecule has 0 saturated heterocycles. The van der Waals surface area contributed by atoms with Crippen molar-refractivity contribution in [1.29, 1.82) is 5.26 Å². The number of benzene rings is 1. The summed E-state index contributed by atoms with van der Waals surface area (Å²) < 4.78 is 0.939. The van der Waals surface area contributed by atoms with Crippen molar-refractivity contribution >= 4 is 33.4 Å². The summed E-state index contributed by atoms with van der Waals surface area (Å²) in [6, 6.07) is 8.35. The lowest BCUT2D eigenvalue weighted by Gasteiger charge is -2.16. The Balaban J connectivity index is 2.59. The van der Waals surface area contributed by atoms with Gasteiger partial charge < -0.3 is 5.32 Å². The number of nitrogens with zero attached hydrogens (tertiary/aromatic N) is 1. The number of halogens is 1. The average Bonchev–Trinajstić information content (AvgIpc) is 2.32. The number of thioether (sulfide) groups is 1. The quantitative estimate of drug-likeness (QED) is 0.797. The van der Waals surface area contributed by atoms with Crippen LogP contribution in [-0.2, 0) is 0 Å². The molecule has 1 aromatic carbocycles. The summed E-state index contributed by atoms with van der Waals surface area (Å²) >= 11 is 5.32. The molecule has 92 valence electrons. The van der Waals surface area contributed by atoms with Gasteiger partial charge in [0.25, 0.3) is 0 Å². The highest BCUT2D eigenvalue weighted by Gasteiger charge is 2.06.